The Labute approximate surface area is 198 Å². The van der Waals surface area contributed by atoms with Gasteiger partial charge in [-0.2, -0.15) is 0 Å². The SMILES string of the molecule is COc1ccc(NS(=O)(=O)c2ccc(-c3ccccc3Cl)s2)cc1N1CC(C)NC(C)C1. The summed E-state index contributed by atoms with van der Waals surface area (Å²) in [5.41, 5.74) is 2.18. The number of anilines is 2. The Hall–Kier alpha value is -2.26. The second-order valence-electron chi connectivity index (χ2n) is 7.96. The number of halogens is 1. The lowest BCUT2D eigenvalue weighted by Crippen LogP contribution is -2.54. The van der Waals surface area contributed by atoms with Gasteiger partial charge in [-0.05, 0) is 50.2 Å². The van der Waals surface area contributed by atoms with Crippen LogP contribution < -0.4 is 19.7 Å². The van der Waals surface area contributed by atoms with Gasteiger partial charge in [0, 0.05) is 40.6 Å². The smallest absolute Gasteiger partial charge is 0.271 e. The predicted octanol–water partition coefficient (Wildman–Crippen LogP) is 5.06. The first kappa shape index (κ1) is 22.9. The van der Waals surface area contributed by atoms with Gasteiger partial charge in [0.15, 0.2) is 0 Å². The summed E-state index contributed by atoms with van der Waals surface area (Å²) in [5, 5.41) is 4.10. The van der Waals surface area contributed by atoms with Crippen molar-refractivity contribution in [2.24, 2.45) is 0 Å². The molecule has 170 valence electrons. The van der Waals surface area contributed by atoms with Crippen LogP contribution in [0.15, 0.2) is 58.8 Å². The van der Waals surface area contributed by atoms with Crippen molar-refractivity contribution in [2.45, 2.75) is 30.1 Å². The van der Waals surface area contributed by atoms with E-state index in [9.17, 15) is 8.42 Å². The molecule has 9 heteroatoms. The molecule has 1 saturated heterocycles. The Balaban J connectivity index is 1.60. The van der Waals surface area contributed by atoms with Crippen molar-refractivity contribution in [1.82, 2.24) is 5.32 Å². The van der Waals surface area contributed by atoms with Crippen molar-refractivity contribution in [3.05, 3.63) is 59.6 Å². The first-order valence-electron chi connectivity index (χ1n) is 10.3. The number of rotatable bonds is 6. The van der Waals surface area contributed by atoms with Crippen molar-refractivity contribution in [3.63, 3.8) is 0 Å². The van der Waals surface area contributed by atoms with Crippen LogP contribution >= 0.6 is 22.9 Å². The zero-order valence-electron chi connectivity index (χ0n) is 18.1. The average Bonchev–Trinajstić information content (AvgIpc) is 3.24. The summed E-state index contributed by atoms with van der Waals surface area (Å²) in [6.45, 7) is 5.89. The number of benzene rings is 2. The number of thiophene rings is 1. The minimum atomic E-state index is -3.75. The molecule has 2 N–H and O–H groups in total. The maximum absolute atomic E-state index is 13.1. The van der Waals surface area contributed by atoms with Gasteiger partial charge in [0.2, 0.25) is 0 Å². The van der Waals surface area contributed by atoms with E-state index < -0.39 is 10.0 Å². The van der Waals surface area contributed by atoms with Crippen LogP contribution in [0.3, 0.4) is 0 Å². The zero-order valence-corrected chi connectivity index (χ0v) is 20.5. The molecule has 2 heterocycles. The van der Waals surface area contributed by atoms with Gasteiger partial charge in [-0.1, -0.05) is 29.8 Å². The fourth-order valence-corrected chi connectivity index (χ4v) is 6.69. The molecule has 2 atom stereocenters. The monoisotopic (exact) mass is 491 g/mol. The van der Waals surface area contributed by atoms with Crippen LogP contribution in [-0.2, 0) is 10.0 Å². The van der Waals surface area contributed by atoms with Crippen LogP contribution in [0.5, 0.6) is 5.75 Å². The molecule has 2 aromatic carbocycles. The third kappa shape index (κ3) is 4.88. The maximum atomic E-state index is 13.1. The largest absolute Gasteiger partial charge is 0.495 e. The van der Waals surface area contributed by atoms with Gasteiger partial charge >= 0.3 is 0 Å². The van der Waals surface area contributed by atoms with Crippen LogP contribution in [0.4, 0.5) is 11.4 Å². The Morgan fingerprint density at radius 2 is 1.81 bits per heavy atom. The van der Waals surface area contributed by atoms with E-state index in [0.29, 0.717) is 28.5 Å². The lowest BCUT2D eigenvalue weighted by atomic mass is 10.1. The van der Waals surface area contributed by atoms with Crippen molar-refractivity contribution >= 4 is 44.3 Å². The molecule has 2 unspecified atom stereocenters. The number of hydrogen-bond donors (Lipinski definition) is 2. The summed E-state index contributed by atoms with van der Waals surface area (Å²) in [4.78, 5) is 3.03. The lowest BCUT2D eigenvalue weighted by Gasteiger charge is -2.38. The Morgan fingerprint density at radius 3 is 2.50 bits per heavy atom. The molecule has 0 aliphatic carbocycles. The predicted molar refractivity (Wildman–Crippen MR) is 133 cm³/mol. The average molecular weight is 492 g/mol. The summed E-state index contributed by atoms with van der Waals surface area (Å²) in [6, 6.07) is 16.8. The topological polar surface area (TPSA) is 70.7 Å². The molecule has 1 fully saturated rings. The number of nitrogens with one attached hydrogen (secondary N) is 2. The third-order valence-corrected chi connectivity index (χ3v) is 8.64. The molecule has 3 aromatic rings. The number of methoxy groups -OCH3 is 1. The molecule has 0 bridgehead atoms. The number of ether oxygens (including phenoxy) is 1. The maximum Gasteiger partial charge on any atom is 0.271 e. The highest BCUT2D eigenvalue weighted by Crippen LogP contribution is 2.37. The molecular weight excluding hydrogens is 466 g/mol. The number of piperazine rings is 1. The Bertz CT molecular complexity index is 1200. The van der Waals surface area contributed by atoms with Gasteiger partial charge < -0.3 is 15.0 Å². The molecule has 0 amide bonds. The van der Waals surface area contributed by atoms with Crippen molar-refractivity contribution in [1.29, 1.82) is 0 Å². The van der Waals surface area contributed by atoms with E-state index in [0.717, 1.165) is 29.2 Å². The van der Waals surface area contributed by atoms with Gasteiger partial charge in [-0.3, -0.25) is 4.72 Å². The molecular formula is C23H26ClN3O3S2. The molecule has 32 heavy (non-hydrogen) atoms. The highest BCUT2D eigenvalue weighted by atomic mass is 35.5. The molecule has 0 spiro atoms. The third-order valence-electron chi connectivity index (χ3n) is 5.31. The zero-order chi connectivity index (χ0) is 22.9. The first-order chi connectivity index (χ1) is 15.3. The summed E-state index contributed by atoms with van der Waals surface area (Å²) < 4.78 is 34.7. The molecule has 6 nitrogen and oxygen atoms in total. The minimum absolute atomic E-state index is 0.231. The van der Waals surface area contributed by atoms with E-state index in [1.54, 1.807) is 37.4 Å². The summed E-state index contributed by atoms with van der Waals surface area (Å²) in [5.74, 6) is 0.714. The quantitative estimate of drug-likeness (QED) is 0.504. The van der Waals surface area contributed by atoms with Gasteiger partial charge in [0.25, 0.3) is 10.0 Å². The van der Waals surface area contributed by atoms with Crippen LogP contribution in [0.2, 0.25) is 5.02 Å². The van der Waals surface area contributed by atoms with Crippen molar-refractivity contribution in [3.8, 4) is 16.2 Å². The highest BCUT2D eigenvalue weighted by Gasteiger charge is 2.25. The number of sulfonamides is 1. The summed E-state index contributed by atoms with van der Waals surface area (Å²) in [7, 11) is -2.12. The van der Waals surface area contributed by atoms with Crippen LogP contribution in [0, 0.1) is 0 Å². The number of nitrogens with zero attached hydrogens (tertiary/aromatic N) is 1. The molecule has 1 aliphatic rings. The van der Waals surface area contributed by atoms with E-state index in [1.807, 2.05) is 24.3 Å². The molecule has 4 rings (SSSR count). The van der Waals surface area contributed by atoms with Gasteiger partial charge in [0.1, 0.15) is 9.96 Å². The Morgan fingerprint density at radius 1 is 1.09 bits per heavy atom. The highest BCUT2D eigenvalue weighted by molar-refractivity contribution is 7.94. The fraction of sp³-hybridized carbons (Fsp3) is 0.304. The van der Waals surface area contributed by atoms with Crippen LogP contribution in [-0.4, -0.2) is 40.7 Å². The Kier molecular flexibility index (Phi) is 6.67. The second kappa shape index (κ2) is 9.31. The summed E-state index contributed by atoms with van der Waals surface area (Å²) >= 11 is 7.46. The molecule has 1 aliphatic heterocycles. The van der Waals surface area contributed by atoms with Crippen molar-refractivity contribution < 1.29 is 13.2 Å². The van der Waals surface area contributed by atoms with E-state index in [1.165, 1.54) is 11.3 Å². The van der Waals surface area contributed by atoms with Crippen molar-refractivity contribution in [2.75, 3.05) is 29.8 Å². The molecule has 0 saturated carbocycles. The fourth-order valence-electron chi connectivity index (χ4n) is 4.00. The van der Waals surface area contributed by atoms with E-state index in [2.05, 4.69) is 28.8 Å². The van der Waals surface area contributed by atoms with Gasteiger partial charge in [-0.25, -0.2) is 8.42 Å². The standard InChI is InChI=1S/C23H26ClN3O3S2/c1-15-13-27(14-16(2)25-15)20-12-17(8-9-21(20)30-3)26-32(28,29)23-11-10-22(31-23)18-6-4-5-7-19(18)24/h4-12,15-16,25-26H,13-14H2,1-3H3. The van der Waals surface area contributed by atoms with Gasteiger partial charge in [0.05, 0.1) is 18.5 Å². The van der Waals surface area contributed by atoms with Gasteiger partial charge in [-0.15, -0.1) is 11.3 Å². The van der Waals surface area contributed by atoms with E-state index in [-0.39, 0.29) is 4.21 Å². The van der Waals surface area contributed by atoms with Crippen LogP contribution in [0.25, 0.3) is 10.4 Å². The van der Waals surface area contributed by atoms with E-state index >= 15 is 0 Å². The second-order valence-corrected chi connectivity index (χ2v) is 11.4. The van der Waals surface area contributed by atoms with E-state index in [4.69, 9.17) is 16.3 Å². The molecule has 1 aromatic heterocycles. The minimum Gasteiger partial charge on any atom is -0.495 e. The first-order valence-corrected chi connectivity index (χ1v) is 13.0. The number of hydrogen-bond acceptors (Lipinski definition) is 6. The van der Waals surface area contributed by atoms with Crippen LogP contribution in [0.1, 0.15) is 13.8 Å². The normalized spacial score (nSPS) is 19.1. The lowest BCUT2D eigenvalue weighted by molar-refractivity contribution is 0.391. The summed E-state index contributed by atoms with van der Waals surface area (Å²) in [6.07, 6.45) is 0. The molecule has 0 radical (unpaired) electrons.